The number of rotatable bonds is 0. The van der Waals surface area contributed by atoms with Gasteiger partial charge >= 0.3 is 0 Å². The van der Waals surface area contributed by atoms with Gasteiger partial charge in [-0.1, -0.05) is 0 Å². The molecule has 0 bridgehead atoms. The molecule has 1 aliphatic heterocycles. The highest BCUT2D eigenvalue weighted by Gasteiger charge is 2.25. The minimum Gasteiger partial charge on any atom is -0.327 e. The Balaban J connectivity index is 2.39. The number of hydrogen-bond donors (Lipinski definition) is 0. The van der Waals surface area contributed by atoms with Gasteiger partial charge < -0.3 is 4.52 Å². The zero-order chi connectivity index (χ0) is 6.15. The van der Waals surface area contributed by atoms with Gasteiger partial charge in [-0.15, -0.1) is 0 Å². The van der Waals surface area contributed by atoms with Crippen LogP contribution in [-0.4, -0.2) is 24.4 Å². The molecular weight excluding hydrogens is 144 g/mol. The molecule has 0 radical (unpaired) electrons. The highest BCUT2D eigenvalue weighted by molar-refractivity contribution is 7.78. The van der Waals surface area contributed by atoms with E-state index in [9.17, 15) is 0 Å². The first-order valence-corrected chi connectivity index (χ1v) is 4.65. The third-order valence-corrected chi connectivity index (χ3v) is 3.30. The van der Waals surface area contributed by atoms with Gasteiger partial charge in [-0.05, 0) is 25.2 Å². The van der Waals surface area contributed by atoms with E-state index in [2.05, 4.69) is 0 Å². The molecule has 1 heterocycles. The predicted molar refractivity (Wildman–Crippen MR) is 36.0 cm³/mol. The van der Waals surface area contributed by atoms with Crippen LogP contribution in [0.25, 0.3) is 0 Å². The number of nitrogens with zero attached hydrogens (tertiary/aromatic N) is 1. The van der Waals surface area contributed by atoms with Crippen molar-refractivity contribution in [3.63, 3.8) is 0 Å². The molecule has 8 heavy (non-hydrogen) atoms. The van der Waals surface area contributed by atoms with Gasteiger partial charge in [0.2, 0.25) is 7.65 Å². The summed E-state index contributed by atoms with van der Waals surface area (Å²) in [5.74, 6) is 0. The summed E-state index contributed by atoms with van der Waals surface area (Å²) in [7, 11) is 1.21. The lowest BCUT2D eigenvalue weighted by Crippen LogP contribution is -2.11. The molecule has 0 unspecified atom stereocenters. The summed E-state index contributed by atoms with van der Waals surface area (Å²) < 4.78 is 7.26. The smallest absolute Gasteiger partial charge is 0.206 e. The predicted octanol–water partition coefficient (Wildman–Crippen LogP) is 1.80. The summed E-state index contributed by atoms with van der Waals surface area (Å²) in [5, 5.41) is 0. The van der Waals surface area contributed by atoms with Gasteiger partial charge in [0.25, 0.3) is 0 Å². The fourth-order valence-corrected chi connectivity index (χ4v) is 2.17. The van der Waals surface area contributed by atoms with Crippen molar-refractivity contribution in [3.8, 4) is 0 Å². The molecule has 0 aromatic carbocycles. The van der Waals surface area contributed by atoms with Crippen LogP contribution in [0.3, 0.4) is 0 Å². The molecule has 0 aromatic rings. The fraction of sp³-hybridized carbons (Fsp3) is 1.00. The van der Waals surface area contributed by atoms with Crippen molar-refractivity contribution < 1.29 is 4.52 Å². The summed E-state index contributed by atoms with van der Waals surface area (Å²) in [6.45, 7) is 3.00. The average molecular weight is 154 g/mol. The van der Waals surface area contributed by atoms with E-state index >= 15 is 0 Å². The van der Waals surface area contributed by atoms with Crippen LogP contribution in [0.5, 0.6) is 0 Å². The van der Waals surface area contributed by atoms with E-state index < -0.39 is 7.65 Å². The third kappa shape index (κ3) is 1.32. The molecule has 0 N–H and O–H groups in total. The van der Waals surface area contributed by atoms with Gasteiger partial charge in [0.05, 0.1) is 6.10 Å². The zero-order valence-electron chi connectivity index (χ0n) is 4.97. The van der Waals surface area contributed by atoms with E-state index in [4.69, 9.17) is 15.8 Å². The molecule has 1 rings (SSSR count). The van der Waals surface area contributed by atoms with Crippen molar-refractivity contribution in [2.45, 2.75) is 13.0 Å². The summed E-state index contributed by atoms with van der Waals surface area (Å²) in [5.41, 5.74) is 0. The molecule has 2 nitrogen and oxygen atoms in total. The first-order chi connectivity index (χ1) is 3.70. The Morgan fingerprint density at radius 2 is 2.50 bits per heavy atom. The first kappa shape index (κ1) is 6.76. The van der Waals surface area contributed by atoms with Crippen LogP contribution in [0.15, 0.2) is 0 Å². The minimum absolute atomic E-state index is 0.323. The highest BCUT2D eigenvalue weighted by Crippen LogP contribution is 2.51. The molecule has 0 aliphatic carbocycles. The molecule has 2 atom stereocenters. The Kier molecular flexibility index (Phi) is 2.10. The van der Waals surface area contributed by atoms with Crippen molar-refractivity contribution in [2.75, 3.05) is 13.6 Å². The van der Waals surface area contributed by atoms with Gasteiger partial charge in [-0.2, -0.15) is 0 Å². The van der Waals surface area contributed by atoms with E-state index in [0.717, 1.165) is 6.54 Å². The Morgan fingerprint density at radius 3 is 2.62 bits per heavy atom. The maximum Gasteiger partial charge on any atom is 0.206 e. The second kappa shape index (κ2) is 2.49. The summed E-state index contributed by atoms with van der Waals surface area (Å²) >= 11 is 5.73. The largest absolute Gasteiger partial charge is 0.327 e. The third-order valence-electron chi connectivity index (χ3n) is 1.06. The van der Waals surface area contributed by atoms with E-state index in [-0.39, 0.29) is 0 Å². The molecule has 1 fully saturated rings. The monoisotopic (exact) mass is 153 g/mol. The maximum absolute atomic E-state index is 5.73. The van der Waals surface area contributed by atoms with Crippen LogP contribution in [0, 0.1) is 0 Å². The Hall–Kier alpha value is 0.640. The number of halogens is 1. The van der Waals surface area contributed by atoms with Crippen LogP contribution in [0.4, 0.5) is 0 Å². The van der Waals surface area contributed by atoms with Crippen LogP contribution in [0.1, 0.15) is 6.92 Å². The van der Waals surface area contributed by atoms with Gasteiger partial charge in [0, 0.05) is 6.54 Å². The SMILES string of the molecule is C[C@@H]1CN(C)[P@](Cl)O1. The molecular formula is C4H9ClNOP. The van der Waals surface area contributed by atoms with Crippen molar-refractivity contribution in [3.05, 3.63) is 0 Å². The second-order valence-corrected chi connectivity index (χ2v) is 4.20. The Morgan fingerprint density at radius 1 is 1.88 bits per heavy atom. The topological polar surface area (TPSA) is 12.5 Å². The molecule has 4 heteroatoms. The van der Waals surface area contributed by atoms with E-state index in [0.29, 0.717) is 6.10 Å². The average Bonchev–Trinajstić information content (AvgIpc) is 1.85. The van der Waals surface area contributed by atoms with Gasteiger partial charge in [-0.25, -0.2) is 4.67 Å². The minimum atomic E-state index is -0.760. The molecule has 48 valence electrons. The molecule has 0 amide bonds. The standard InChI is InChI=1S/C4H9ClNOP/c1-4-3-6(2)8(5)7-4/h4H,3H2,1-2H3/t4-,8+/m1/s1. The number of likely N-dealkylation sites (N-methyl/N-ethyl adjacent to an activating group) is 1. The highest BCUT2D eigenvalue weighted by atomic mass is 35.7. The van der Waals surface area contributed by atoms with Crippen LogP contribution in [-0.2, 0) is 4.52 Å². The number of hydrogen-bond acceptors (Lipinski definition) is 2. The van der Waals surface area contributed by atoms with Crippen LogP contribution < -0.4 is 0 Å². The van der Waals surface area contributed by atoms with Gasteiger partial charge in [0.15, 0.2) is 0 Å². The van der Waals surface area contributed by atoms with Gasteiger partial charge in [-0.3, -0.25) is 0 Å². The van der Waals surface area contributed by atoms with Crippen molar-refractivity contribution >= 4 is 18.9 Å². The zero-order valence-corrected chi connectivity index (χ0v) is 6.62. The first-order valence-electron chi connectivity index (χ1n) is 2.54. The Labute approximate surface area is 55.4 Å². The summed E-state index contributed by atoms with van der Waals surface area (Å²) in [4.78, 5) is 0. The van der Waals surface area contributed by atoms with E-state index in [1.54, 1.807) is 0 Å². The van der Waals surface area contributed by atoms with Crippen molar-refractivity contribution in [2.24, 2.45) is 0 Å². The van der Waals surface area contributed by atoms with Crippen LogP contribution >= 0.6 is 18.9 Å². The summed E-state index contributed by atoms with van der Waals surface area (Å²) in [6, 6.07) is 0. The van der Waals surface area contributed by atoms with Crippen molar-refractivity contribution in [1.82, 2.24) is 4.67 Å². The molecule has 1 saturated heterocycles. The quantitative estimate of drug-likeness (QED) is 0.492. The van der Waals surface area contributed by atoms with E-state index in [1.165, 1.54) is 0 Å². The summed E-state index contributed by atoms with van der Waals surface area (Å²) in [6.07, 6.45) is 0.323. The molecule has 0 saturated carbocycles. The van der Waals surface area contributed by atoms with E-state index in [1.807, 2.05) is 18.6 Å². The normalized spacial score (nSPS) is 40.9. The van der Waals surface area contributed by atoms with Crippen LogP contribution in [0.2, 0.25) is 0 Å². The molecule has 0 aromatic heterocycles. The second-order valence-electron chi connectivity index (χ2n) is 1.98. The lowest BCUT2D eigenvalue weighted by molar-refractivity contribution is 0.283. The molecule has 1 aliphatic rings. The van der Waals surface area contributed by atoms with Crippen molar-refractivity contribution in [1.29, 1.82) is 0 Å². The molecule has 0 spiro atoms. The lowest BCUT2D eigenvalue weighted by atomic mass is 10.4. The lowest BCUT2D eigenvalue weighted by Gasteiger charge is -2.06. The van der Waals surface area contributed by atoms with Gasteiger partial charge in [0.1, 0.15) is 0 Å². The fourth-order valence-electron chi connectivity index (χ4n) is 0.699. The maximum atomic E-state index is 5.73. The Bertz CT molecular complexity index is 82.1.